The Bertz CT molecular complexity index is 734. The summed E-state index contributed by atoms with van der Waals surface area (Å²) in [4.78, 5) is 14.5. The van der Waals surface area contributed by atoms with Gasteiger partial charge in [-0.05, 0) is 11.6 Å². The molecule has 0 saturated carbocycles. The highest BCUT2D eigenvalue weighted by Gasteiger charge is 2.11. The van der Waals surface area contributed by atoms with Gasteiger partial charge in [-0.3, -0.25) is 10.1 Å². The Kier molecular flexibility index (Phi) is 2.30. The Balaban J connectivity index is 2.23. The monoisotopic (exact) mass is 240 g/mol. The number of nitrogens with zero attached hydrogens (tertiary/aromatic N) is 2. The number of nitro benzene ring substituents is 1. The van der Waals surface area contributed by atoms with Gasteiger partial charge in [0.1, 0.15) is 5.52 Å². The average Bonchev–Trinajstić information content (AvgIpc) is 2.87. The van der Waals surface area contributed by atoms with Crippen molar-refractivity contribution in [3.05, 3.63) is 59.0 Å². The van der Waals surface area contributed by atoms with Gasteiger partial charge in [-0.1, -0.05) is 24.3 Å². The Morgan fingerprint density at radius 3 is 2.83 bits per heavy atom. The van der Waals surface area contributed by atoms with Gasteiger partial charge in [-0.15, -0.1) is 0 Å². The highest BCUT2D eigenvalue weighted by Crippen LogP contribution is 2.29. The molecule has 0 N–H and O–H groups in total. The molecule has 18 heavy (non-hydrogen) atoms. The molecule has 5 nitrogen and oxygen atoms in total. The average molecular weight is 240 g/mol. The minimum absolute atomic E-state index is 0.0630. The zero-order valence-corrected chi connectivity index (χ0v) is 9.24. The van der Waals surface area contributed by atoms with Gasteiger partial charge in [0.25, 0.3) is 5.69 Å². The predicted molar refractivity (Wildman–Crippen MR) is 66.1 cm³/mol. The quantitative estimate of drug-likeness (QED) is 0.508. The summed E-state index contributed by atoms with van der Waals surface area (Å²) in [5, 5.41) is 10.8. The van der Waals surface area contributed by atoms with Crippen LogP contribution < -0.4 is 0 Å². The predicted octanol–water partition coefficient (Wildman–Crippen LogP) is 3.40. The maximum Gasteiger partial charge on any atom is 0.270 e. The summed E-state index contributed by atoms with van der Waals surface area (Å²) in [5.41, 5.74) is 3.01. The van der Waals surface area contributed by atoms with Crippen molar-refractivity contribution in [1.29, 1.82) is 0 Å². The number of nitro groups is 1. The normalized spacial score (nSPS) is 10.7. The molecule has 2 aromatic carbocycles. The summed E-state index contributed by atoms with van der Waals surface area (Å²) in [5.74, 6) is 0. The lowest BCUT2D eigenvalue weighted by atomic mass is 10.0. The van der Waals surface area contributed by atoms with Crippen LogP contribution in [0, 0.1) is 10.1 Å². The van der Waals surface area contributed by atoms with E-state index >= 15 is 0 Å². The molecule has 1 heterocycles. The molecule has 0 atom stereocenters. The molecular weight excluding hydrogens is 232 g/mol. The lowest BCUT2D eigenvalue weighted by Gasteiger charge is -2.01. The van der Waals surface area contributed by atoms with Crippen LogP contribution in [0.2, 0.25) is 0 Å². The van der Waals surface area contributed by atoms with Crippen molar-refractivity contribution >= 4 is 16.8 Å². The first kappa shape index (κ1) is 10.5. The number of aromatic nitrogens is 1. The highest BCUT2D eigenvalue weighted by atomic mass is 16.6. The second kappa shape index (κ2) is 3.96. The molecule has 3 rings (SSSR count). The van der Waals surface area contributed by atoms with E-state index in [9.17, 15) is 10.1 Å². The van der Waals surface area contributed by atoms with Gasteiger partial charge in [0.2, 0.25) is 0 Å². The summed E-state index contributed by atoms with van der Waals surface area (Å²) in [6.45, 7) is 0. The van der Waals surface area contributed by atoms with Crippen LogP contribution in [0.4, 0.5) is 5.69 Å². The van der Waals surface area contributed by atoms with Crippen LogP contribution in [0.3, 0.4) is 0 Å². The van der Waals surface area contributed by atoms with Crippen molar-refractivity contribution < 1.29 is 9.34 Å². The third-order valence-electron chi connectivity index (χ3n) is 2.73. The summed E-state index contributed by atoms with van der Waals surface area (Å²) >= 11 is 0. The van der Waals surface area contributed by atoms with Crippen LogP contribution in [0.5, 0.6) is 0 Å². The summed E-state index contributed by atoms with van der Waals surface area (Å²) in [7, 11) is 0. The first-order chi connectivity index (χ1) is 8.75. The van der Waals surface area contributed by atoms with Gasteiger partial charge >= 0.3 is 0 Å². The standard InChI is InChI=1S/C13H8N2O3/c16-15(17)10-4-1-3-9(7-10)11-5-2-6-12-13(11)14-8-18-12/h1-8H. The van der Waals surface area contributed by atoms with Crippen molar-refractivity contribution in [1.82, 2.24) is 4.98 Å². The van der Waals surface area contributed by atoms with E-state index in [0.717, 1.165) is 11.1 Å². The molecule has 0 bridgehead atoms. The Morgan fingerprint density at radius 2 is 2.00 bits per heavy atom. The van der Waals surface area contributed by atoms with Crippen LogP contribution in [0.1, 0.15) is 0 Å². The van der Waals surface area contributed by atoms with E-state index < -0.39 is 4.92 Å². The van der Waals surface area contributed by atoms with E-state index in [1.54, 1.807) is 6.07 Å². The van der Waals surface area contributed by atoms with Gasteiger partial charge in [-0.2, -0.15) is 0 Å². The summed E-state index contributed by atoms with van der Waals surface area (Å²) in [6, 6.07) is 12.0. The van der Waals surface area contributed by atoms with Gasteiger partial charge in [-0.25, -0.2) is 4.98 Å². The summed E-state index contributed by atoms with van der Waals surface area (Å²) < 4.78 is 5.21. The third-order valence-corrected chi connectivity index (χ3v) is 2.73. The Morgan fingerprint density at radius 1 is 1.17 bits per heavy atom. The van der Waals surface area contributed by atoms with Crippen molar-refractivity contribution in [2.45, 2.75) is 0 Å². The minimum atomic E-state index is -0.410. The Hall–Kier alpha value is -2.69. The Labute approximate surface area is 102 Å². The number of rotatable bonds is 2. The molecule has 1 aromatic heterocycles. The van der Waals surface area contributed by atoms with E-state index in [0.29, 0.717) is 11.1 Å². The van der Waals surface area contributed by atoms with Crippen molar-refractivity contribution in [2.24, 2.45) is 0 Å². The SMILES string of the molecule is O=[N+]([O-])c1cccc(-c2cccc3ocnc23)c1. The van der Waals surface area contributed by atoms with Crippen LogP contribution in [-0.4, -0.2) is 9.91 Å². The number of hydrogen-bond donors (Lipinski definition) is 0. The molecule has 0 amide bonds. The summed E-state index contributed by atoms with van der Waals surface area (Å²) in [6.07, 6.45) is 1.37. The van der Waals surface area contributed by atoms with Crippen LogP contribution in [0.25, 0.3) is 22.2 Å². The molecule has 0 aliphatic heterocycles. The third kappa shape index (κ3) is 1.62. The molecule has 88 valence electrons. The second-order valence-corrected chi connectivity index (χ2v) is 3.81. The van der Waals surface area contributed by atoms with Gasteiger partial charge in [0.15, 0.2) is 12.0 Å². The second-order valence-electron chi connectivity index (χ2n) is 3.81. The van der Waals surface area contributed by atoms with Crippen LogP contribution in [-0.2, 0) is 0 Å². The first-order valence-electron chi connectivity index (χ1n) is 5.33. The molecule has 0 aliphatic rings. The maximum absolute atomic E-state index is 10.8. The number of benzene rings is 2. The lowest BCUT2D eigenvalue weighted by molar-refractivity contribution is -0.384. The number of hydrogen-bond acceptors (Lipinski definition) is 4. The van der Waals surface area contributed by atoms with E-state index in [2.05, 4.69) is 4.98 Å². The number of non-ortho nitro benzene ring substituents is 1. The van der Waals surface area contributed by atoms with Crippen molar-refractivity contribution in [3.8, 4) is 11.1 Å². The van der Waals surface area contributed by atoms with E-state index in [-0.39, 0.29) is 5.69 Å². The largest absolute Gasteiger partial charge is 0.443 e. The van der Waals surface area contributed by atoms with Crippen LogP contribution >= 0.6 is 0 Å². The number of fused-ring (bicyclic) bond motifs is 1. The fourth-order valence-corrected chi connectivity index (χ4v) is 1.91. The van der Waals surface area contributed by atoms with Gasteiger partial charge < -0.3 is 4.42 Å². The fraction of sp³-hybridized carbons (Fsp3) is 0. The molecule has 0 spiro atoms. The van der Waals surface area contributed by atoms with E-state index in [1.807, 2.05) is 24.3 Å². The molecule has 0 radical (unpaired) electrons. The molecule has 0 fully saturated rings. The highest BCUT2D eigenvalue weighted by molar-refractivity contribution is 5.90. The molecule has 0 aliphatic carbocycles. The van der Waals surface area contributed by atoms with Gasteiger partial charge in [0, 0.05) is 17.7 Å². The molecule has 5 heteroatoms. The van der Waals surface area contributed by atoms with Crippen LogP contribution in [0.15, 0.2) is 53.3 Å². The molecule has 3 aromatic rings. The maximum atomic E-state index is 10.8. The minimum Gasteiger partial charge on any atom is -0.443 e. The molecular formula is C13H8N2O3. The molecule has 0 unspecified atom stereocenters. The lowest BCUT2D eigenvalue weighted by Crippen LogP contribution is -1.88. The van der Waals surface area contributed by atoms with E-state index in [1.165, 1.54) is 18.5 Å². The zero-order valence-electron chi connectivity index (χ0n) is 9.24. The smallest absolute Gasteiger partial charge is 0.270 e. The van der Waals surface area contributed by atoms with E-state index in [4.69, 9.17) is 4.42 Å². The van der Waals surface area contributed by atoms with Crippen molar-refractivity contribution in [3.63, 3.8) is 0 Å². The zero-order chi connectivity index (χ0) is 12.5. The topological polar surface area (TPSA) is 69.2 Å². The number of oxazole rings is 1. The fourth-order valence-electron chi connectivity index (χ4n) is 1.91. The first-order valence-corrected chi connectivity index (χ1v) is 5.33. The number of para-hydroxylation sites is 1. The molecule has 0 saturated heterocycles. The van der Waals surface area contributed by atoms with Gasteiger partial charge in [0.05, 0.1) is 4.92 Å². The van der Waals surface area contributed by atoms with Crippen molar-refractivity contribution in [2.75, 3.05) is 0 Å².